The van der Waals surface area contributed by atoms with Crippen LogP contribution in [0.4, 0.5) is 5.69 Å². The van der Waals surface area contributed by atoms with E-state index in [1.54, 1.807) is 30.5 Å². The van der Waals surface area contributed by atoms with Gasteiger partial charge in [0, 0.05) is 22.3 Å². The molecular formula is C15H17ClN2O2S. The van der Waals surface area contributed by atoms with Crippen molar-refractivity contribution >= 4 is 27.3 Å². The van der Waals surface area contributed by atoms with Crippen LogP contribution in [-0.2, 0) is 15.4 Å². The van der Waals surface area contributed by atoms with Crippen LogP contribution in [0.3, 0.4) is 0 Å². The van der Waals surface area contributed by atoms with Crippen molar-refractivity contribution in [3.05, 3.63) is 53.3 Å². The van der Waals surface area contributed by atoms with E-state index in [0.29, 0.717) is 10.7 Å². The number of nitrogens with zero attached hydrogens (tertiary/aromatic N) is 1. The van der Waals surface area contributed by atoms with Crippen LogP contribution >= 0.6 is 11.6 Å². The van der Waals surface area contributed by atoms with Crippen LogP contribution in [-0.4, -0.2) is 13.4 Å². The van der Waals surface area contributed by atoms with Gasteiger partial charge in [0.2, 0.25) is 0 Å². The number of sulfonamides is 1. The molecule has 0 saturated heterocycles. The van der Waals surface area contributed by atoms with E-state index in [0.717, 1.165) is 5.69 Å². The average molecular weight is 325 g/mol. The Hall–Kier alpha value is -1.59. The number of hydrogen-bond donors (Lipinski definition) is 1. The Morgan fingerprint density at radius 3 is 2.29 bits per heavy atom. The van der Waals surface area contributed by atoms with Gasteiger partial charge in [0.25, 0.3) is 10.0 Å². The minimum absolute atomic E-state index is 0.151. The lowest BCUT2D eigenvalue weighted by Crippen LogP contribution is -2.16. The molecule has 0 bridgehead atoms. The summed E-state index contributed by atoms with van der Waals surface area (Å²) in [5.74, 6) is 0. The first-order valence-electron chi connectivity index (χ1n) is 6.43. The second kappa shape index (κ2) is 5.66. The molecule has 1 aromatic carbocycles. The minimum atomic E-state index is -3.63. The van der Waals surface area contributed by atoms with Gasteiger partial charge >= 0.3 is 0 Å². The van der Waals surface area contributed by atoms with Crippen molar-refractivity contribution in [2.24, 2.45) is 0 Å². The van der Waals surface area contributed by atoms with Crippen LogP contribution in [0, 0.1) is 0 Å². The van der Waals surface area contributed by atoms with Gasteiger partial charge in [-0.05, 0) is 36.4 Å². The smallest absolute Gasteiger partial charge is 0.261 e. The molecule has 0 radical (unpaired) electrons. The number of anilines is 1. The molecule has 112 valence electrons. The lowest BCUT2D eigenvalue weighted by atomic mass is 9.91. The molecule has 1 aromatic heterocycles. The van der Waals surface area contributed by atoms with Crippen LogP contribution in [0.1, 0.15) is 26.5 Å². The van der Waals surface area contributed by atoms with Gasteiger partial charge in [-0.1, -0.05) is 32.4 Å². The molecule has 4 nitrogen and oxygen atoms in total. The SMILES string of the molecule is CC(C)(C)c1cc(NS(=O)(=O)c2ccc(Cl)cc2)ccn1. The Balaban J connectivity index is 2.31. The Bertz CT molecular complexity index is 735. The molecule has 0 amide bonds. The second-order valence-electron chi connectivity index (χ2n) is 5.74. The maximum atomic E-state index is 12.3. The van der Waals surface area contributed by atoms with Crippen molar-refractivity contribution in [2.75, 3.05) is 4.72 Å². The fraction of sp³-hybridized carbons (Fsp3) is 0.267. The van der Waals surface area contributed by atoms with Gasteiger partial charge in [0.1, 0.15) is 0 Å². The van der Waals surface area contributed by atoms with E-state index in [1.165, 1.54) is 12.1 Å². The molecule has 2 rings (SSSR count). The lowest BCUT2D eigenvalue weighted by molar-refractivity contribution is 0.569. The monoisotopic (exact) mass is 324 g/mol. The fourth-order valence-electron chi connectivity index (χ4n) is 1.73. The third kappa shape index (κ3) is 3.95. The summed E-state index contributed by atoms with van der Waals surface area (Å²) in [6.07, 6.45) is 1.60. The Kier molecular flexibility index (Phi) is 4.25. The Labute approximate surface area is 130 Å². The number of aromatic nitrogens is 1. The second-order valence-corrected chi connectivity index (χ2v) is 7.86. The average Bonchev–Trinajstić information content (AvgIpc) is 2.38. The molecule has 0 aliphatic carbocycles. The van der Waals surface area contributed by atoms with Gasteiger partial charge in [0.05, 0.1) is 10.6 Å². The predicted octanol–water partition coefficient (Wildman–Crippen LogP) is 3.83. The van der Waals surface area contributed by atoms with Gasteiger partial charge in [-0.25, -0.2) is 8.42 Å². The largest absolute Gasteiger partial charge is 0.280 e. The summed E-state index contributed by atoms with van der Waals surface area (Å²) < 4.78 is 27.2. The van der Waals surface area contributed by atoms with E-state index in [2.05, 4.69) is 9.71 Å². The molecule has 6 heteroatoms. The molecule has 21 heavy (non-hydrogen) atoms. The minimum Gasteiger partial charge on any atom is -0.280 e. The highest BCUT2D eigenvalue weighted by atomic mass is 35.5. The number of hydrogen-bond acceptors (Lipinski definition) is 3. The van der Waals surface area contributed by atoms with Crippen LogP contribution in [0.15, 0.2) is 47.5 Å². The van der Waals surface area contributed by atoms with Crippen LogP contribution in [0.25, 0.3) is 0 Å². The molecule has 2 aromatic rings. The van der Waals surface area contributed by atoms with E-state index in [1.807, 2.05) is 20.8 Å². The normalized spacial score (nSPS) is 12.2. The van der Waals surface area contributed by atoms with Crippen molar-refractivity contribution in [3.63, 3.8) is 0 Å². The van der Waals surface area contributed by atoms with E-state index in [-0.39, 0.29) is 10.3 Å². The molecule has 0 fully saturated rings. The van der Waals surface area contributed by atoms with Crippen LogP contribution in [0.5, 0.6) is 0 Å². The molecule has 0 saturated carbocycles. The summed E-state index contributed by atoms with van der Waals surface area (Å²) in [6, 6.07) is 9.40. The number of pyridine rings is 1. The summed E-state index contributed by atoms with van der Waals surface area (Å²) in [4.78, 5) is 4.44. The standard InChI is InChI=1S/C15H17ClN2O2S/c1-15(2,3)14-10-12(8-9-17-14)18-21(19,20)13-6-4-11(16)5-7-13/h4-10H,1-3H3,(H,17,18). The van der Waals surface area contributed by atoms with Crippen molar-refractivity contribution in [3.8, 4) is 0 Å². The molecule has 0 aliphatic heterocycles. The fourth-order valence-corrected chi connectivity index (χ4v) is 2.91. The third-order valence-corrected chi connectivity index (χ3v) is 4.55. The summed E-state index contributed by atoms with van der Waals surface area (Å²) in [6.45, 7) is 6.06. The summed E-state index contributed by atoms with van der Waals surface area (Å²) in [7, 11) is -3.63. The van der Waals surface area contributed by atoms with Gasteiger partial charge in [-0.2, -0.15) is 0 Å². The molecule has 1 heterocycles. The topological polar surface area (TPSA) is 59.1 Å². The van der Waals surface area contributed by atoms with E-state index in [9.17, 15) is 8.42 Å². The Morgan fingerprint density at radius 1 is 1.10 bits per heavy atom. The maximum Gasteiger partial charge on any atom is 0.261 e. The maximum absolute atomic E-state index is 12.3. The van der Waals surface area contributed by atoms with Crippen molar-refractivity contribution in [2.45, 2.75) is 31.1 Å². The van der Waals surface area contributed by atoms with Crippen molar-refractivity contribution in [1.29, 1.82) is 0 Å². The highest BCUT2D eigenvalue weighted by Crippen LogP contribution is 2.24. The van der Waals surface area contributed by atoms with Crippen LogP contribution < -0.4 is 4.72 Å². The van der Waals surface area contributed by atoms with E-state index >= 15 is 0 Å². The lowest BCUT2D eigenvalue weighted by Gasteiger charge is -2.18. The van der Waals surface area contributed by atoms with E-state index in [4.69, 9.17) is 11.6 Å². The summed E-state index contributed by atoms with van der Waals surface area (Å²) >= 11 is 5.77. The number of rotatable bonds is 3. The predicted molar refractivity (Wildman–Crippen MR) is 85.2 cm³/mol. The molecule has 0 aliphatic rings. The number of halogens is 1. The molecule has 0 spiro atoms. The van der Waals surface area contributed by atoms with Crippen LogP contribution in [0.2, 0.25) is 5.02 Å². The molecule has 0 unspecified atom stereocenters. The highest BCUT2D eigenvalue weighted by Gasteiger charge is 2.18. The molecule has 0 atom stereocenters. The van der Waals surface area contributed by atoms with Gasteiger partial charge in [-0.15, -0.1) is 0 Å². The first kappa shape index (κ1) is 15.8. The van der Waals surface area contributed by atoms with E-state index < -0.39 is 10.0 Å². The van der Waals surface area contributed by atoms with Gasteiger partial charge < -0.3 is 0 Å². The van der Waals surface area contributed by atoms with Crippen molar-refractivity contribution in [1.82, 2.24) is 4.98 Å². The first-order valence-corrected chi connectivity index (χ1v) is 8.29. The van der Waals surface area contributed by atoms with Gasteiger partial charge in [0.15, 0.2) is 0 Å². The number of benzene rings is 1. The number of nitrogens with one attached hydrogen (secondary N) is 1. The third-order valence-electron chi connectivity index (χ3n) is 2.90. The zero-order valence-electron chi connectivity index (χ0n) is 12.1. The van der Waals surface area contributed by atoms with Gasteiger partial charge in [-0.3, -0.25) is 9.71 Å². The Morgan fingerprint density at radius 2 is 1.71 bits per heavy atom. The first-order chi connectivity index (χ1) is 9.68. The quantitative estimate of drug-likeness (QED) is 0.933. The summed E-state index contributed by atoms with van der Waals surface area (Å²) in [5.41, 5.74) is 1.16. The molecular weight excluding hydrogens is 308 g/mol. The zero-order chi connectivity index (χ0) is 15.7. The highest BCUT2D eigenvalue weighted by molar-refractivity contribution is 7.92. The zero-order valence-corrected chi connectivity index (χ0v) is 13.7. The van der Waals surface area contributed by atoms with Crippen molar-refractivity contribution < 1.29 is 8.42 Å². The molecule has 1 N–H and O–H groups in total. The summed E-state index contributed by atoms with van der Waals surface area (Å²) in [5, 5.41) is 0.493.